The summed E-state index contributed by atoms with van der Waals surface area (Å²) in [6, 6.07) is 8.73. The number of benzene rings is 2. The van der Waals surface area contributed by atoms with E-state index in [0.717, 1.165) is 31.4 Å². The van der Waals surface area contributed by atoms with Gasteiger partial charge in [-0.3, -0.25) is 14.4 Å². The van der Waals surface area contributed by atoms with Crippen molar-refractivity contribution in [1.82, 2.24) is 15.5 Å². The zero-order valence-electron chi connectivity index (χ0n) is 25.0. The number of amides is 3. The maximum Gasteiger partial charge on any atom is 0.253 e. The Labute approximate surface area is 243 Å². The van der Waals surface area contributed by atoms with Gasteiger partial charge < -0.3 is 21.3 Å². The molecule has 0 radical (unpaired) electrons. The lowest BCUT2D eigenvalue weighted by Crippen LogP contribution is -2.50. The van der Waals surface area contributed by atoms with E-state index in [1.54, 1.807) is 36.1 Å². The van der Waals surface area contributed by atoms with Crippen molar-refractivity contribution in [2.24, 2.45) is 17.6 Å². The number of nitrogens with zero attached hydrogens (tertiary/aromatic N) is 1. The summed E-state index contributed by atoms with van der Waals surface area (Å²) in [7, 11) is 0. The molecule has 0 aliphatic heterocycles. The van der Waals surface area contributed by atoms with Gasteiger partial charge in [0.25, 0.3) is 11.8 Å². The van der Waals surface area contributed by atoms with Gasteiger partial charge >= 0.3 is 0 Å². The summed E-state index contributed by atoms with van der Waals surface area (Å²) in [6.07, 6.45) is 2.98. The van der Waals surface area contributed by atoms with E-state index in [1.807, 2.05) is 13.8 Å². The van der Waals surface area contributed by atoms with E-state index in [-0.39, 0.29) is 30.2 Å². The van der Waals surface area contributed by atoms with Crippen LogP contribution in [0.1, 0.15) is 86.6 Å². The summed E-state index contributed by atoms with van der Waals surface area (Å²) in [5.74, 6) is -2.76. The second-order valence-electron chi connectivity index (χ2n) is 11.0. The molecule has 3 amide bonds. The topological polar surface area (TPSA) is 105 Å². The monoisotopic (exact) mass is 572 g/mol. The molecule has 4 N–H and O–H groups in total. The molecule has 2 aromatic carbocycles. The van der Waals surface area contributed by atoms with Gasteiger partial charge in [0.15, 0.2) is 11.6 Å². The highest BCUT2D eigenvalue weighted by Crippen LogP contribution is 2.17. The highest BCUT2D eigenvalue weighted by molar-refractivity contribution is 5.99. The van der Waals surface area contributed by atoms with Gasteiger partial charge in [-0.2, -0.15) is 0 Å². The SMILES string of the molecule is CCCN(CCC)C(=O)c1cccc(C(=O)N[C@@H](Cc2ccc(F)c(F)c2)[C@@H](N)C[C@@H](C)C(=O)NC[C@@H](C)CC)c1. The first-order valence-electron chi connectivity index (χ1n) is 14.7. The molecule has 0 saturated carbocycles. The van der Waals surface area contributed by atoms with E-state index >= 15 is 0 Å². The van der Waals surface area contributed by atoms with Crippen molar-refractivity contribution in [3.63, 3.8) is 0 Å². The summed E-state index contributed by atoms with van der Waals surface area (Å²) in [5.41, 5.74) is 7.69. The molecule has 0 heterocycles. The standard InChI is InChI=1S/C32H46F2N4O3/c1-6-14-38(15-7-2)32(41)25-11-9-10-24(19-25)31(40)37-29(18-23-12-13-26(33)27(34)17-23)28(35)16-22(5)30(39)36-20-21(4)8-3/h9-13,17,19,21-22,28-29H,6-8,14-16,18,20,35H2,1-5H3,(H,36,39)(H,37,40)/t21-,22+,28-,29-/m0/s1. The summed E-state index contributed by atoms with van der Waals surface area (Å²) in [4.78, 5) is 40.9. The van der Waals surface area contributed by atoms with Crippen molar-refractivity contribution in [2.45, 2.75) is 78.8 Å². The van der Waals surface area contributed by atoms with Crippen LogP contribution in [0.3, 0.4) is 0 Å². The van der Waals surface area contributed by atoms with Crippen molar-refractivity contribution in [2.75, 3.05) is 19.6 Å². The van der Waals surface area contributed by atoms with Gasteiger partial charge in [0.05, 0.1) is 0 Å². The van der Waals surface area contributed by atoms with Crippen LogP contribution >= 0.6 is 0 Å². The van der Waals surface area contributed by atoms with Gasteiger partial charge in [-0.1, -0.05) is 53.2 Å². The number of halogens is 2. The van der Waals surface area contributed by atoms with Gasteiger partial charge in [-0.25, -0.2) is 8.78 Å². The fourth-order valence-electron chi connectivity index (χ4n) is 4.59. The number of hydrogen-bond donors (Lipinski definition) is 3. The average molecular weight is 573 g/mol. The van der Waals surface area contributed by atoms with Gasteiger partial charge in [-0.15, -0.1) is 0 Å². The number of carbonyl (C=O) groups is 3. The van der Waals surface area contributed by atoms with Crippen LogP contribution in [0, 0.1) is 23.5 Å². The highest BCUT2D eigenvalue weighted by Gasteiger charge is 2.26. The Bertz CT molecular complexity index is 1150. The third kappa shape index (κ3) is 10.5. The highest BCUT2D eigenvalue weighted by atomic mass is 19.2. The van der Waals surface area contributed by atoms with Gasteiger partial charge in [0.1, 0.15) is 0 Å². The Morgan fingerprint density at radius 3 is 2.20 bits per heavy atom. The Kier molecular flexibility index (Phi) is 13.9. The molecule has 0 saturated heterocycles. The number of nitrogens with one attached hydrogen (secondary N) is 2. The second-order valence-corrected chi connectivity index (χ2v) is 11.0. The zero-order chi connectivity index (χ0) is 30.5. The molecule has 0 fully saturated rings. The minimum absolute atomic E-state index is 0.130. The molecule has 0 bridgehead atoms. The molecule has 2 aromatic rings. The minimum atomic E-state index is -0.992. The molecule has 0 aliphatic carbocycles. The lowest BCUT2D eigenvalue weighted by molar-refractivity contribution is -0.125. The van der Waals surface area contributed by atoms with Crippen LogP contribution in [-0.2, 0) is 11.2 Å². The molecule has 41 heavy (non-hydrogen) atoms. The van der Waals surface area contributed by atoms with Crippen LogP contribution in [0.2, 0.25) is 0 Å². The van der Waals surface area contributed by atoms with Crippen molar-refractivity contribution >= 4 is 17.7 Å². The number of nitrogens with two attached hydrogens (primary N) is 1. The van der Waals surface area contributed by atoms with E-state index in [1.165, 1.54) is 6.07 Å². The maximum atomic E-state index is 14.0. The molecule has 0 unspecified atom stereocenters. The number of hydrogen-bond acceptors (Lipinski definition) is 4. The molecular formula is C32H46F2N4O3. The lowest BCUT2D eigenvalue weighted by Gasteiger charge is -2.28. The first kappa shape index (κ1) is 33.9. The van der Waals surface area contributed by atoms with Crippen molar-refractivity contribution in [3.8, 4) is 0 Å². The zero-order valence-corrected chi connectivity index (χ0v) is 25.0. The van der Waals surface area contributed by atoms with Crippen LogP contribution in [0.5, 0.6) is 0 Å². The Morgan fingerprint density at radius 1 is 0.927 bits per heavy atom. The molecule has 0 aromatic heterocycles. The fraction of sp³-hybridized carbons (Fsp3) is 0.531. The molecular weight excluding hydrogens is 526 g/mol. The Balaban J connectivity index is 2.25. The van der Waals surface area contributed by atoms with Crippen molar-refractivity contribution in [3.05, 3.63) is 70.8 Å². The van der Waals surface area contributed by atoms with E-state index in [0.29, 0.717) is 36.7 Å². The third-order valence-electron chi connectivity index (χ3n) is 7.31. The summed E-state index contributed by atoms with van der Waals surface area (Å²) in [5, 5.41) is 5.87. The Morgan fingerprint density at radius 2 is 1.59 bits per heavy atom. The summed E-state index contributed by atoms with van der Waals surface area (Å²) in [6.45, 7) is 11.7. The first-order chi connectivity index (χ1) is 19.5. The maximum absolute atomic E-state index is 14.0. The molecule has 7 nitrogen and oxygen atoms in total. The Hall–Kier alpha value is -3.33. The molecule has 226 valence electrons. The number of rotatable bonds is 16. The molecule has 0 aliphatic rings. The molecule has 4 atom stereocenters. The van der Waals surface area contributed by atoms with Crippen molar-refractivity contribution < 1.29 is 23.2 Å². The molecule has 2 rings (SSSR count). The fourth-order valence-corrected chi connectivity index (χ4v) is 4.59. The van der Waals surface area contributed by atoms with E-state index in [2.05, 4.69) is 24.5 Å². The van der Waals surface area contributed by atoms with E-state index in [9.17, 15) is 23.2 Å². The van der Waals surface area contributed by atoms with Crippen molar-refractivity contribution in [1.29, 1.82) is 0 Å². The predicted octanol–water partition coefficient (Wildman–Crippen LogP) is 5.08. The average Bonchev–Trinajstić information content (AvgIpc) is 2.96. The number of carbonyl (C=O) groups excluding carboxylic acids is 3. The summed E-state index contributed by atoms with van der Waals surface area (Å²) >= 11 is 0. The van der Waals surface area contributed by atoms with Crippen LogP contribution in [-0.4, -0.2) is 54.3 Å². The van der Waals surface area contributed by atoms with Gasteiger partial charge in [0.2, 0.25) is 5.91 Å². The van der Waals surface area contributed by atoms with Crippen LogP contribution in [0.15, 0.2) is 42.5 Å². The second kappa shape index (κ2) is 16.8. The van der Waals surface area contributed by atoms with Gasteiger partial charge in [-0.05, 0) is 67.5 Å². The van der Waals surface area contributed by atoms with Crippen LogP contribution in [0.25, 0.3) is 0 Å². The predicted molar refractivity (Wildman–Crippen MR) is 158 cm³/mol. The first-order valence-corrected chi connectivity index (χ1v) is 14.7. The minimum Gasteiger partial charge on any atom is -0.356 e. The lowest BCUT2D eigenvalue weighted by atomic mass is 9.91. The smallest absolute Gasteiger partial charge is 0.253 e. The molecule has 0 spiro atoms. The van der Waals surface area contributed by atoms with Crippen LogP contribution < -0.4 is 16.4 Å². The van der Waals surface area contributed by atoms with E-state index < -0.39 is 35.5 Å². The largest absolute Gasteiger partial charge is 0.356 e. The van der Waals surface area contributed by atoms with Gasteiger partial charge in [0, 0.05) is 48.8 Å². The quantitative estimate of drug-likeness (QED) is 0.261. The normalized spacial score (nSPS) is 14.0. The summed E-state index contributed by atoms with van der Waals surface area (Å²) < 4.78 is 27.5. The van der Waals surface area contributed by atoms with E-state index in [4.69, 9.17) is 5.73 Å². The van der Waals surface area contributed by atoms with Crippen LogP contribution in [0.4, 0.5) is 8.78 Å². The molecule has 9 heteroatoms. The third-order valence-corrected chi connectivity index (χ3v) is 7.31.